The molecule has 0 amide bonds. The number of halogens is 2. The lowest BCUT2D eigenvalue weighted by Crippen LogP contribution is -2.13. The Bertz CT molecular complexity index is 534. The Morgan fingerprint density at radius 2 is 2.11 bits per heavy atom. The molecule has 0 atom stereocenters. The first-order valence-corrected chi connectivity index (χ1v) is 6.43. The second-order valence-corrected chi connectivity index (χ2v) is 4.94. The van der Waals surface area contributed by atoms with E-state index in [-0.39, 0.29) is 5.82 Å². The zero-order chi connectivity index (χ0) is 13.1. The lowest BCUT2D eigenvalue weighted by Gasteiger charge is -2.05. The summed E-state index contributed by atoms with van der Waals surface area (Å²) in [6.07, 6.45) is 0. The van der Waals surface area contributed by atoms with E-state index in [4.69, 9.17) is 4.42 Å². The summed E-state index contributed by atoms with van der Waals surface area (Å²) in [7, 11) is 0. The van der Waals surface area contributed by atoms with Crippen LogP contribution < -0.4 is 5.32 Å². The van der Waals surface area contributed by atoms with Gasteiger partial charge in [-0.05, 0) is 31.5 Å². The van der Waals surface area contributed by atoms with Crippen LogP contribution in [-0.2, 0) is 13.1 Å². The third kappa shape index (κ3) is 3.17. The van der Waals surface area contributed by atoms with E-state index in [1.54, 1.807) is 6.07 Å². The molecule has 0 aliphatic rings. The van der Waals surface area contributed by atoms with Crippen molar-refractivity contribution >= 4 is 15.9 Å². The van der Waals surface area contributed by atoms with Gasteiger partial charge in [0, 0.05) is 11.0 Å². The minimum atomic E-state index is -0.246. The predicted molar refractivity (Wildman–Crippen MR) is 70.6 cm³/mol. The monoisotopic (exact) mass is 312 g/mol. The van der Waals surface area contributed by atoms with Gasteiger partial charge in [0.1, 0.15) is 11.6 Å². The van der Waals surface area contributed by atoms with Gasteiger partial charge in [0.15, 0.2) is 0 Å². The SMILES string of the molecule is Cc1nc(CNCc2ccc(F)cc2Br)oc1C. The first-order valence-electron chi connectivity index (χ1n) is 5.64. The van der Waals surface area contributed by atoms with E-state index in [0.29, 0.717) is 19.0 Å². The Balaban J connectivity index is 1.92. The van der Waals surface area contributed by atoms with E-state index < -0.39 is 0 Å². The summed E-state index contributed by atoms with van der Waals surface area (Å²) >= 11 is 3.33. The van der Waals surface area contributed by atoms with Crippen LogP contribution in [0.2, 0.25) is 0 Å². The van der Waals surface area contributed by atoms with Crippen LogP contribution in [0, 0.1) is 19.7 Å². The molecule has 2 rings (SSSR count). The molecule has 3 nitrogen and oxygen atoms in total. The zero-order valence-corrected chi connectivity index (χ0v) is 11.8. The molecule has 0 saturated heterocycles. The highest BCUT2D eigenvalue weighted by Crippen LogP contribution is 2.18. The molecular weight excluding hydrogens is 299 g/mol. The van der Waals surface area contributed by atoms with Gasteiger partial charge in [0.05, 0.1) is 12.2 Å². The Kier molecular flexibility index (Phi) is 4.14. The van der Waals surface area contributed by atoms with E-state index in [1.807, 2.05) is 13.8 Å². The maximum atomic E-state index is 12.9. The highest BCUT2D eigenvalue weighted by molar-refractivity contribution is 9.10. The van der Waals surface area contributed by atoms with Crippen molar-refractivity contribution in [2.45, 2.75) is 26.9 Å². The Labute approximate surface area is 114 Å². The van der Waals surface area contributed by atoms with Crippen LogP contribution in [0.4, 0.5) is 4.39 Å². The second kappa shape index (κ2) is 5.63. The first-order chi connectivity index (χ1) is 8.56. The zero-order valence-electron chi connectivity index (χ0n) is 10.3. The molecule has 18 heavy (non-hydrogen) atoms. The van der Waals surface area contributed by atoms with Crippen LogP contribution in [0.5, 0.6) is 0 Å². The maximum absolute atomic E-state index is 12.9. The topological polar surface area (TPSA) is 38.1 Å². The van der Waals surface area contributed by atoms with Crippen molar-refractivity contribution in [2.75, 3.05) is 0 Å². The summed E-state index contributed by atoms with van der Waals surface area (Å²) in [5, 5.41) is 3.21. The summed E-state index contributed by atoms with van der Waals surface area (Å²) in [6, 6.07) is 4.65. The average molecular weight is 313 g/mol. The molecule has 5 heteroatoms. The summed E-state index contributed by atoms with van der Waals surface area (Å²) in [5.41, 5.74) is 1.91. The van der Waals surface area contributed by atoms with Gasteiger partial charge in [-0.15, -0.1) is 0 Å². The quantitative estimate of drug-likeness (QED) is 0.939. The standard InChI is InChI=1S/C13H14BrFN2O/c1-8-9(2)18-13(17-8)7-16-6-10-3-4-11(15)5-12(10)14/h3-5,16H,6-7H2,1-2H3. The van der Waals surface area contributed by atoms with E-state index in [1.165, 1.54) is 12.1 Å². The molecule has 1 heterocycles. The smallest absolute Gasteiger partial charge is 0.208 e. The Morgan fingerprint density at radius 1 is 1.33 bits per heavy atom. The summed E-state index contributed by atoms with van der Waals surface area (Å²) < 4.78 is 19.1. The molecule has 0 fully saturated rings. The third-order valence-electron chi connectivity index (χ3n) is 2.68. The normalized spacial score (nSPS) is 10.9. The minimum Gasteiger partial charge on any atom is -0.444 e. The fraction of sp³-hybridized carbons (Fsp3) is 0.308. The highest BCUT2D eigenvalue weighted by Gasteiger charge is 2.06. The fourth-order valence-corrected chi connectivity index (χ4v) is 2.07. The van der Waals surface area contributed by atoms with Gasteiger partial charge in [-0.2, -0.15) is 0 Å². The summed E-state index contributed by atoms with van der Waals surface area (Å²) in [6.45, 7) is 4.99. The van der Waals surface area contributed by atoms with Gasteiger partial charge < -0.3 is 9.73 Å². The van der Waals surface area contributed by atoms with Gasteiger partial charge in [-0.3, -0.25) is 0 Å². The summed E-state index contributed by atoms with van der Waals surface area (Å²) in [4.78, 5) is 4.28. The largest absolute Gasteiger partial charge is 0.444 e. The van der Waals surface area contributed by atoms with Crippen LogP contribution in [0.1, 0.15) is 22.9 Å². The van der Waals surface area contributed by atoms with Gasteiger partial charge in [0.2, 0.25) is 5.89 Å². The minimum absolute atomic E-state index is 0.246. The Hall–Kier alpha value is -1.20. The van der Waals surface area contributed by atoms with Gasteiger partial charge in [-0.1, -0.05) is 22.0 Å². The molecule has 2 aromatic rings. The molecule has 0 radical (unpaired) electrons. The van der Waals surface area contributed by atoms with Crippen LogP contribution in [0.3, 0.4) is 0 Å². The van der Waals surface area contributed by atoms with E-state index in [2.05, 4.69) is 26.2 Å². The molecule has 0 aliphatic carbocycles. The van der Waals surface area contributed by atoms with Crippen LogP contribution in [0.15, 0.2) is 27.1 Å². The molecule has 0 unspecified atom stereocenters. The van der Waals surface area contributed by atoms with Gasteiger partial charge in [-0.25, -0.2) is 9.37 Å². The molecule has 1 N–H and O–H groups in total. The van der Waals surface area contributed by atoms with Crippen molar-refractivity contribution < 1.29 is 8.81 Å². The number of rotatable bonds is 4. The number of nitrogens with one attached hydrogen (secondary N) is 1. The number of aryl methyl sites for hydroxylation is 2. The molecule has 96 valence electrons. The molecular formula is C13H14BrFN2O. The molecule has 0 spiro atoms. The predicted octanol–water partition coefficient (Wildman–Crippen LogP) is 3.48. The third-order valence-corrected chi connectivity index (χ3v) is 3.42. The van der Waals surface area contributed by atoms with Gasteiger partial charge in [0.25, 0.3) is 0 Å². The van der Waals surface area contributed by atoms with Crippen molar-refractivity contribution in [3.05, 3.63) is 51.4 Å². The average Bonchev–Trinajstić information content (AvgIpc) is 2.61. The van der Waals surface area contributed by atoms with E-state index >= 15 is 0 Å². The number of aromatic nitrogens is 1. The molecule has 0 aliphatic heterocycles. The summed E-state index contributed by atoms with van der Waals surface area (Å²) in [5.74, 6) is 1.27. The van der Waals surface area contributed by atoms with Crippen molar-refractivity contribution in [1.82, 2.24) is 10.3 Å². The van der Waals surface area contributed by atoms with E-state index in [9.17, 15) is 4.39 Å². The number of nitrogens with zero attached hydrogens (tertiary/aromatic N) is 1. The first kappa shape index (κ1) is 13.2. The lowest BCUT2D eigenvalue weighted by atomic mass is 10.2. The van der Waals surface area contributed by atoms with Crippen molar-refractivity contribution in [3.63, 3.8) is 0 Å². The number of benzene rings is 1. The van der Waals surface area contributed by atoms with Crippen LogP contribution in [0.25, 0.3) is 0 Å². The maximum Gasteiger partial charge on any atom is 0.208 e. The molecule has 1 aromatic carbocycles. The van der Waals surface area contributed by atoms with Crippen molar-refractivity contribution in [2.24, 2.45) is 0 Å². The molecule has 1 aromatic heterocycles. The Morgan fingerprint density at radius 3 is 2.72 bits per heavy atom. The molecule has 0 saturated carbocycles. The van der Waals surface area contributed by atoms with Crippen LogP contribution >= 0.6 is 15.9 Å². The lowest BCUT2D eigenvalue weighted by molar-refractivity contribution is 0.448. The highest BCUT2D eigenvalue weighted by atomic mass is 79.9. The second-order valence-electron chi connectivity index (χ2n) is 4.09. The number of oxazole rings is 1. The number of hydrogen-bond acceptors (Lipinski definition) is 3. The fourth-order valence-electron chi connectivity index (χ4n) is 1.58. The van der Waals surface area contributed by atoms with Crippen molar-refractivity contribution in [3.8, 4) is 0 Å². The van der Waals surface area contributed by atoms with Crippen LogP contribution in [-0.4, -0.2) is 4.98 Å². The van der Waals surface area contributed by atoms with Gasteiger partial charge >= 0.3 is 0 Å². The number of hydrogen-bond donors (Lipinski definition) is 1. The van der Waals surface area contributed by atoms with E-state index in [0.717, 1.165) is 21.5 Å². The molecule has 0 bridgehead atoms. The van der Waals surface area contributed by atoms with Crippen molar-refractivity contribution in [1.29, 1.82) is 0 Å².